The molecule has 0 spiro atoms. The first-order valence-corrected chi connectivity index (χ1v) is 8.01. The molecule has 7 heteroatoms. The Morgan fingerprint density at radius 2 is 1.85 bits per heavy atom. The van der Waals surface area contributed by atoms with Crippen LogP contribution in [0.25, 0.3) is 10.9 Å². The quantitative estimate of drug-likeness (QED) is 0.672. The highest BCUT2D eigenvalue weighted by Gasteiger charge is 2.13. The van der Waals surface area contributed by atoms with E-state index in [1.807, 2.05) is 26.0 Å². The highest BCUT2D eigenvalue weighted by molar-refractivity contribution is 5.96. The third kappa shape index (κ3) is 3.66. The lowest BCUT2D eigenvalue weighted by Crippen LogP contribution is -2.07. The zero-order chi connectivity index (χ0) is 18.7. The van der Waals surface area contributed by atoms with Crippen LogP contribution in [0.3, 0.4) is 0 Å². The van der Waals surface area contributed by atoms with Gasteiger partial charge in [0, 0.05) is 5.39 Å². The van der Waals surface area contributed by atoms with Crippen LogP contribution in [0.2, 0.25) is 0 Å². The van der Waals surface area contributed by atoms with Crippen LogP contribution in [-0.2, 0) is 4.79 Å². The van der Waals surface area contributed by atoms with E-state index in [0.29, 0.717) is 16.9 Å². The van der Waals surface area contributed by atoms with E-state index in [0.717, 1.165) is 16.6 Å². The molecule has 0 saturated carbocycles. The van der Waals surface area contributed by atoms with Crippen LogP contribution in [0.15, 0.2) is 46.6 Å². The fourth-order valence-electron chi connectivity index (χ4n) is 2.68. The number of H-pyrrole nitrogens is 1. The van der Waals surface area contributed by atoms with E-state index in [9.17, 15) is 9.90 Å². The highest BCUT2D eigenvalue weighted by atomic mass is 16.5. The van der Waals surface area contributed by atoms with E-state index in [1.54, 1.807) is 31.4 Å². The van der Waals surface area contributed by atoms with Gasteiger partial charge in [0.05, 0.1) is 12.6 Å². The molecule has 3 aromatic rings. The van der Waals surface area contributed by atoms with Crippen molar-refractivity contribution in [1.82, 2.24) is 4.98 Å². The third-order valence-electron chi connectivity index (χ3n) is 3.89. The Balaban J connectivity index is 1.72. The molecule has 0 saturated heterocycles. The number of amides is 1. The van der Waals surface area contributed by atoms with Gasteiger partial charge in [-0.3, -0.25) is 4.79 Å². The Hall–Kier alpha value is -3.35. The molecule has 7 nitrogen and oxygen atoms in total. The number of nitrogens with zero attached hydrogens (tertiary/aromatic N) is 2. The number of methoxy groups -OCH3 is 1. The Morgan fingerprint density at radius 3 is 2.54 bits per heavy atom. The van der Waals surface area contributed by atoms with Crippen LogP contribution in [0.4, 0.5) is 5.69 Å². The second kappa shape index (κ2) is 7.26. The van der Waals surface area contributed by atoms with E-state index >= 15 is 0 Å². The fourth-order valence-corrected chi connectivity index (χ4v) is 2.68. The molecule has 1 aromatic heterocycles. The maximum atomic E-state index is 11.9. The number of carbonyl (C=O) groups is 1. The molecule has 2 N–H and O–H groups in total. The van der Waals surface area contributed by atoms with Gasteiger partial charge in [-0.2, -0.15) is 0 Å². The van der Waals surface area contributed by atoms with Gasteiger partial charge in [-0.25, -0.2) is 0 Å². The van der Waals surface area contributed by atoms with Gasteiger partial charge in [0.25, 0.3) is 0 Å². The van der Waals surface area contributed by atoms with Gasteiger partial charge < -0.3 is 19.6 Å². The summed E-state index contributed by atoms with van der Waals surface area (Å²) in [7, 11) is 1.57. The smallest absolute Gasteiger partial charge is 0.302 e. The van der Waals surface area contributed by atoms with Crippen molar-refractivity contribution in [2.24, 2.45) is 10.2 Å². The lowest BCUT2D eigenvalue weighted by molar-refractivity contribution is -0.120. The van der Waals surface area contributed by atoms with Crippen LogP contribution in [0.5, 0.6) is 17.4 Å². The lowest BCUT2D eigenvalue weighted by Gasteiger charge is -2.04. The average molecular weight is 353 g/mol. The summed E-state index contributed by atoms with van der Waals surface area (Å²) in [5, 5.41) is 18.3. The maximum Gasteiger partial charge on any atom is 0.302 e. The van der Waals surface area contributed by atoms with Crippen LogP contribution in [0.1, 0.15) is 11.1 Å². The average Bonchev–Trinajstić information content (AvgIpc) is 2.94. The molecular weight excluding hydrogens is 334 g/mol. The Labute approximate surface area is 150 Å². The molecule has 0 radical (unpaired) electrons. The Kier molecular flexibility index (Phi) is 4.88. The van der Waals surface area contributed by atoms with Crippen molar-refractivity contribution in [3.63, 3.8) is 0 Å². The standard InChI is InChI=1S/C19H19N3O4/c1-11-8-12(2)17-15(9-11)18(19(24)20-17)22-21-16(23)10-26-14-6-4-13(25-3)5-7-14/h4-9,20,24H,10H2,1-3H3. The molecule has 0 unspecified atom stereocenters. The number of aromatic hydroxyl groups is 1. The molecule has 0 aliphatic rings. The Bertz CT molecular complexity index is 975. The van der Waals surface area contributed by atoms with Crippen LogP contribution in [0, 0.1) is 13.8 Å². The van der Waals surface area contributed by atoms with Crippen molar-refractivity contribution in [1.29, 1.82) is 0 Å². The predicted octanol–water partition coefficient (Wildman–Crippen LogP) is 4.19. The molecule has 3 rings (SSSR count). The number of hydrogen-bond donors (Lipinski definition) is 2. The van der Waals surface area contributed by atoms with Crippen molar-refractivity contribution >= 4 is 22.5 Å². The number of aromatic nitrogens is 1. The molecular formula is C19H19N3O4. The number of aromatic amines is 1. The number of nitrogens with one attached hydrogen (secondary N) is 1. The molecule has 0 aliphatic heterocycles. The van der Waals surface area contributed by atoms with E-state index < -0.39 is 5.91 Å². The van der Waals surface area contributed by atoms with E-state index in [1.165, 1.54) is 0 Å². The molecule has 0 bridgehead atoms. The number of benzene rings is 2. The van der Waals surface area contributed by atoms with Crippen LogP contribution in [-0.4, -0.2) is 29.7 Å². The van der Waals surface area contributed by atoms with Crippen molar-refractivity contribution in [3.05, 3.63) is 47.5 Å². The van der Waals surface area contributed by atoms with Crippen molar-refractivity contribution in [2.45, 2.75) is 13.8 Å². The summed E-state index contributed by atoms with van der Waals surface area (Å²) in [4.78, 5) is 14.8. The number of aryl methyl sites for hydroxylation is 2. The van der Waals surface area contributed by atoms with Gasteiger partial charge in [-0.05, 0) is 49.7 Å². The van der Waals surface area contributed by atoms with Crippen LogP contribution >= 0.6 is 0 Å². The number of hydrogen-bond acceptors (Lipinski definition) is 5. The first-order valence-electron chi connectivity index (χ1n) is 8.01. The monoisotopic (exact) mass is 353 g/mol. The summed E-state index contributed by atoms with van der Waals surface area (Å²) in [6.07, 6.45) is 0. The fraction of sp³-hybridized carbons (Fsp3) is 0.211. The molecule has 134 valence electrons. The van der Waals surface area contributed by atoms with E-state index in [2.05, 4.69) is 15.2 Å². The van der Waals surface area contributed by atoms with Gasteiger partial charge >= 0.3 is 5.91 Å². The first-order chi connectivity index (χ1) is 12.5. The molecule has 1 heterocycles. The van der Waals surface area contributed by atoms with Gasteiger partial charge in [-0.1, -0.05) is 11.6 Å². The summed E-state index contributed by atoms with van der Waals surface area (Å²) in [6.45, 7) is 3.63. The summed E-state index contributed by atoms with van der Waals surface area (Å²) < 4.78 is 10.4. The van der Waals surface area contributed by atoms with E-state index in [4.69, 9.17) is 9.47 Å². The number of carbonyl (C=O) groups excluding carboxylic acids is 1. The molecule has 0 aliphatic carbocycles. The SMILES string of the molecule is COc1ccc(OCC(=O)N=Nc2c(O)[nH]c3c(C)cc(C)cc23)cc1. The normalized spacial score (nSPS) is 11.2. The van der Waals surface area contributed by atoms with Crippen molar-refractivity contribution in [3.8, 4) is 17.4 Å². The topological polar surface area (TPSA) is 96.3 Å². The molecule has 26 heavy (non-hydrogen) atoms. The van der Waals surface area contributed by atoms with Crippen LogP contribution < -0.4 is 9.47 Å². The minimum absolute atomic E-state index is 0.124. The predicted molar refractivity (Wildman–Crippen MR) is 97.4 cm³/mol. The minimum atomic E-state index is -0.557. The largest absolute Gasteiger partial charge is 0.497 e. The summed E-state index contributed by atoms with van der Waals surface area (Å²) in [6, 6.07) is 10.7. The highest BCUT2D eigenvalue weighted by Crippen LogP contribution is 2.37. The lowest BCUT2D eigenvalue weighted by atomic mass is 10.1. The molecule has 0 atom stereocenters. The van der Waals surface area contributed by atoms with E-state index in [-0.39, 0.29) is 18.2 Å². The van der Waals surface area contributed by atoms with Crippen molar-refractivity contribution in [2.75, 3.05) is 13.7 Å². The molecule has 0 fully saturated rings. The zero-order valence-corrected chi connectivity index (χ0v) is 14.7. The third-order valence-corrected chi connectivity index (χ3v) is 3.89. The molecule has 1 amide bonds. The van der Waals surface area contributed by atoms with Gasteiger partial charge in [0.15, 0.2) is 12.3 Å². The summed E-state index contributed by atoms with van der Waals surface area (Å²) in [5.74, 6) is 0.541. The number of azo groups is 1. The van der Waals surface area contributed by atoms with Gasteiger partial charge in [0.1, 0.15) is 11.5 Å². The van der Waals surface area contributed by atoms with Gasteiger partial charge in [0.2, 0.25) is 5.88 Å². The number of fused-ring (bicyclic) bond motifs is 1. The van der Waals surface area contributed by atoms with Gasteiger partial charge in [-0.15, -0.1) is 10.2 Å². The zero-order valence-electron chi connectivity index (χ0n) is 14.7. The summed E-state index contributed by atoms with van der Waals surface area (Å²) >= 11 is 0. The second-order valence-corrected chi connectivity index (χ2v) is 5.88. The van der Waals surface area contributed by atoms with Crippen molar-refractivity contribution < 1.29 is 19.4 Å². The maximum absolute atomic E-state index is 11.9. The Morgan fingerprint density at radius 1 is 1.15 bits per heavy atom. The second-order valence-electron chi connectivity index (χ2n) is 5.88. The number of rotatable bonds is 5. The molecule has 2 aromatic carbocycles. The summed E-state index contributed by atoms with van der Waals surface area (Å²) in [5.41, 5.74) is 3.01. The number of ether oxygens (including phenoxy) is 2. The minimum Gasteiger partial charge on any atom is -0.497 e. The first kappa shape index (κ1) is 17.5.